The Morgan fingerprint density at radius 3 is 3.05 bits per heavy atom. The number of nitrogens with one attached hydrogen (secondary N) is 1. The molecular weight excluding hydrogens is 403 g/mol. The number of hydrogen-bond acceptors (Lipinski definition) is 3. The number of halogens is 2. The molecule has 0 fully saturated rings. The van der Waals surface area contributed by atoms with E-state index >= 15 is 0 Å². The molecule has 5 heteroatoms. The Morgan fingerprint density at radius 2 is 2.25 bits per heavy atom. The largest absolute Gasteiger partial charge is 0.377 e. The van der Waals surface area contributed by atoms with Crippen molar-refractivity contribution in [2.75, 3.05) is 5.32 Å². The Morgan fingerprint density at radius 1 is 1.40 bits per heavy atom. The van der Waals surface area contributed by atoms with Crippen LogP contribution in [0.4, 0.5) is 5.69 Å². The third-order valence-electron chi connectivity index (χ3n) is 3.51. The summed E-state index contributed by atoms with van der Waals surface area (Å²) in [6, 6.07) is 10.1. The van der Waals surface area contributed by atoms with Gasteiger partial charge < -0.3 is 5.32 Å². The van der Waals surface area contributed by atoms with Gasteiger partial charge in [-0.2, -0.15) is 5.26 Å². The van der Waals surface area contributed by atoms with E-state index in [1.54, 1.807) is 12.1 Å². The molecule has 2 nitrogen and oxygen atoms in total. The zero-order valence-electron chi connectivity index (χ0n) is 10.6. The SMILES string of the molecule is N#Cc1ccc(Cl)c(NC2CCCc3sc(I)cc32)c1. The lowest BCUT2D eigenvalue weighted by Crippen LogP contribution is -2.15. The van der Waals surface area contributed by atoms with Gasteiger partial charge in [0.15, 0.2) is 0 Å². The lowest BCUT2D eigenvalue weighted by molar-refractivity contribution is 0.609. The van der Waals surface area contributed by atoms with Crippen LogP contribution in [0.2, 0.25) is 5.02 Å². The molecule has 1 heterocycles. The number of aryl methyl sites for hydroxylation is 1. The molecule has 0 radical (unpaired) electrons. The molecule has 2 aromatic rings. The van der Waals surface area contributed by atoms with E-state index in [-0.39, 0.29) is 0 Å². The van der Waals surface area contributed by atoms with Crippen molar-refractivity contribution in [1.29, 1.82) is 5.26 Å². The van der Waals surface area contributed by atoms with Crippen molar-refractivity contribution in [3.05, 3.63) is 48.2 Å². The number of fused-ring (bicyclic) bond motifs is 1. The van der Waals surface area contributed by atoms with Crippen LogP contribution < -0.4 is 5.32 Å². The van der Waals surface area contributed by atoms with Gasteiger partial charge in [0.1, 0.15) is 0 Å². The highest BCUT2D eigenvalue weighted by Crippen LogP contribution is 2.39. The summed E-state index contributed by atoms with van der Waals surface area (Å²) in [6.07, 6.45) is 3.47. The van der Waals surface area contributed by atoms with Gasteiger partial charge in [-0.05, 0) is 71.7 Å². The van der Waals surface area contributed by atoms with Crippen molar-refractivity contribution in [3.8, 4) is 6.07 Å². The van der Waals surface area contributed by atoms with Gasteiger partial charge in [0.05, 0.1) is 31.3 Å². The minimum Gasteiger partial charge on any atom is -0.377 e. The van der Waals surface area contributed by atoms with Crippen molar-refractivity contribution < 1.29 is 0 Å². The first kappa shape index (κ1) is 14.2. The summed E-state index contributed by atoms with van der Waals surface area (Å²) in [7, 11) is 0. The third-order valence-corrected chi connectivity index (χ3v) is 5.81. The standard InChI is InChI=1S/C15H12ClIN2S/c16-11-5-4-9(8-18)6-13(11)19-12-2-1-3-14-10(12)7-15(17)20-14/h4-7,12,19H,1-3H2. The quantitative estimate of drug-likeness (QED) is 0.671. The van der Waals surface area contributed by atoms with E-state index in [1.807, 2.05) is 17.4 Å². The molecule has 1 aliphatic rings. The van der Waals surface area contributed by atoms with Crippen molar-refractivity contribution >= 4 is 51.2 Å². The number of thiophene rings is 1. The van der Waals surface area contributed by atoms with Crippen LogP contribution in [-0.2, 0) is 6.42 Å². The topological polar surface area (TPSA) is 35.8 Å². The van der Waals surface area contributed by atoms with Crippen LogP contribution in [0.15, 0.2) is 24.3 Å². The van der Waals surface area contributed by atoms with Crippen LogP contribution in [0, 0.1) is 14.2 Å². The Hall–Kier alpha value is -0.770. The molecule has 0 spiro atoms. The molecule has 1 aromatic carbocycles. The van der Waals surface area contributed by atoms with Gasteiger partial charge in [0, 0.05) is 4.88 Å². The number of hydrogen-bond donors (Lipinski definition) is 1. The zero-order valence-corrected chi connectivity index (χ0v) is 14.3. The number of nitrogens with zero attached hydrogens (tertiary/aromatic N) is 1. The molecule has 102 valence electrons. The van der Waals surface area contributed by atoms with Crippen LogP contribution in [-0.4, -0.2) is 0 Å². The molecular formula is C15H12ClIN2S. The molecule has 1 unspecified atom stereocenters. The van der Waals surface area contributed by atoms with Crippen molar-refractivity contribution in [3.63, 3.8) is 0 Å². The number of benzene rings is 1. The maximum Gasteiger partial charge on any atom is 0.0992 e. The minimum atomic E-state index is 0.296. The average molecular weight is 415 g/mol. The van der Waals surface area contributed by atoms with E-state index in [2.05, 4.69) is 40.0 Å². The fraction of sp³-hybridized carbons (Fsp3) is 0.267. The summed E-state index contributed by atoms with van der Waals surface area (Å²) in [5.74, 6) is 0. The summed E-state index contributed by atoms with van der Waals surface area (Å²) < 4.78 is 1.33. The van der Waals surface area contributed by atoms with E-state index < -0.39 is 0 Å². The lowest BCUT2D eigenvalue weighted by Gasteiger charge is -2.25. The molecule has 0 bridgehead atoms. The van der Waals surface area contributed by atoms with Crippen LogP contribution in [0.5, 0.6) is 0 Å². The molecule has 0 aliphatic heterocycles. The van der Waals surface area contributed by atoms with Gasteiger partial charge in [-0.1, -0.05) is 11.6 Å². The average Bonchev–Trinajstić information content (AvgIpc) is 2.82. The van der Waals surface area contributed by atoms with Crippen LogP contribution in [0.3, 0.4) is 0 Å². The second-order valence-electron chi connectivity index (χ2n) is 4.82. The first-order chi connectivity index (χ1) is 9.67. The summed E-state index contributed by atoms with van der Waals surface area (Å²) >= 11 is 10.5. The number of anilines is 1. The predicted octanol–water partition coefficient (Wildman–Crippen LogP) is 5.37. The highest BCUT2D eigenvalue weighted by molar-refractivity contribution is 14.1. The molecule has 1 aromatic heterocycles. The van der Waals surface area contributed by atoms with Crippen molar-refractivity contribution in [2.24, 2.45) is 0 Å². The van der Waals surface area contributed by atoms with Gasteiger partial charge in [-0.15, -0.1) is 11.3 Å². The van der Waals surface area contributed by atoms with Gasteiger partial charge in [0.25, 0.3) is 0 Å². The Kier molecular flexibility index (Phi) is 4.20. The van der Waals surface area contributed by atoms with E-state index in [0.717, 1.165) is 12.1 Å². The highest BCUT2D eigenvalue weighted by Gasteiger charge is 2.23. The normalized spacial score (nSPS) is 17.4. The van der Waals surface area contributed by atoms with E-state index in [9.17, 15) is 0 Å². The summed E-state index contributed by atoms with van der Waals surface area (Å²) in [5.41, 5.74) is 2.88. The first-order valence-electron chi connectivity index (χ1n) is 6.41. The second kappa shape index (κ2) is 5.92. The summed E-state index contributed by atoms with van der Waals surface area (Å²) in [5, 5.41) is 13.2. The third kappa shape index (κ3) is 2.80. The molecule has 1 atom stereocenters. The van der Waals surface area contributed by atoms with Gasteiger partial charge in [0.2, 0.25) is 0 Å². The number of rotatable bonds is 2. The monoisotopic (exact) mass is 414 g/mol. The minimum absolute atomic E-state index is 0.296. The van der Waals surface area contributed by atoms with Crippen molar-refractivity contribution in [1.82, 2.24) is 0 Å². The maximum atomic E-state index is 9.00. The van der Waals surface area contributed by atoms with Crippen LogP contribution in [0.1, 0.15) is 34.9 Å². The first-order valence-corrected chi connectivity index (χ1v) is 8.69. The Balaban J connectivity index is 1.91. The van der Waals surface area contributed by atoms with E-state index in [4.69, 9.17) is 16.9 Å². The maximum absolute atomic E-state index is 9.00. The Bertz CT molecular complexity index is 690. The Labute approximate surface area is 140 Å². The fourth-order valence-corrected chi connectivity index (χ4v) is 4.86. The van der Waals surface area contributed by atoms with E-state index in [0.29, 0.717) is 16.6 Å². The molecule has 0 saturated heterocycles. The predicted molar refractivity (Wildman–Crippen MR) is 92.5 cm³/mol. The van der Waals surface area contributed by atoms with Gasteiger partial charge >= 0.3 is 0 Å². The molecule has 0 saturated carbocycles. The van der Waals surface area contributed by atoms with Crippen LogP contribution >= 0.6 is 45.5 Å². The molecule has 3 rings (SSSR count). The van der Waals surface area contributed by atoms with Gasteiger partial charge in [-0.25, -0.2) is 0 Å². The lowest BCUT2D eigenvalue weighted by atomic mass is 9.94. The summed E-state index contributed by atoms with van der Waals surface area (Å²) in [4.78, 5) is 1.48. The smallest absolute Gasteiger partial charge is 0.0992 e. The van der Waals surface area contributed by atoms with Crippen molar-refractivity contribution in [2.45, 2.75) is 25.3 Å². The second-order valence-corrected chi connectivity index (χ2v) is 8.26. The van der Waals surface area contributed by atoms with Crippen LogP contribution in [0.25, 0.3) is 0 Å². The zero-order chi connectivity index (χ0) is 14.1. The van der Waals surface area contributed by atoms with E-state index in [1.165, 1.54) is 26.2 Å². The number of nitriles is 1. The molecule has 20 heavy (non-hydrogen) atoms. The molecule has 1 N–H and O–H groups in total. The molecule has 0 amide bonds. The summed E-state index contributed by atoms with van der Waals surface area (Å²) in [6.45, 7) is 0. The van der Waals surface area contributed by atoms with Gasteiger partial charge in [-0.3, -0.25) is 0 Å². The molecule has 1 aliphatic carbocycles. The fourth-order valence-electron chi connectivity index (χ4n) is 2.56. The highest BCUT2D eigenvalue weighted by atomic mass is 127.